The fourth-order valence-electron chi connectivity index (χ4n) is 5.22. The van der Waals surface area contributed by atoms with Gasteiger partial charge in [-0.15, -0.1) is 18.3 Å². The number of anilines is 1. The number of hydrogen-bond acceptors (Lipinski definition) is 6. The number of thioether (sulfide) groups is 1. The van der Waals surface area contributed by atoms with Crippen molar-refractivity contribution < 1.29 is 22.7 Å². The predicted molar refractivity (Wildman–Crippen MR) is 173 cm³/mol. The van der Waals surface area contributed by atoms with E-state index in [1.807, 2.05) is 37.3 Å². The molecule has 0 radical (unpaired) electrons. The minimum atomic E-state index is -4.75. The highest BCUT2D eigenvalue weighted by Gasteiger charge is 2.39. The smallest absolute Gasteiger partial charge is 0.406 e. The second kappa shape index (κ2) is 12.3. The maximum absolute atomic E-state index is 12.9. The zero-order chi connectivity index (χ0) is 31.9. The molecule has 2 heterocycles. The standard InChI is InChI=1S/C32H29F3N6O2S2/c1-18(2)24-13-4-19(3)14-27(24)41-28(42)16-45-31(41)38-30(44)37-26-15-25(26)20-5-7-21(8-6-20)29-36-17-40(39-29)22-9-11-23(12-10-22)43-32(33,34)35/h4-14,17-18,25-26H,15-16H2,1-3H3,(H,37,44)/b38-31-. The summed E-state index contributed by atoms with van der Waals surface area (Å²) in [6.45, 7) is 6.23. The molecule has 45 heavy (non-hydrogen) atoms. The van der Waals surface area contributed by atoms with E-state index in [0.717, 1.165) is 34.4 Å². The lowest BCUT2D eigenvalue weighted by molar-refractivity contribution is -0.274. The Morgan fingerprint density at radius 1 is 1.11 bits per heavy atom. The quantitative estimate of drug-likeness (QED) is 0.213. The van der Waals surface area contributed by atoms with Gasteiger partial charge in [0.25, 0.3) is 0 Å². The molecule has 2 atom stereocenters. The minimum absolute atomic E-state index is 0.00815. The molecule has 0 bridgehead atoms. The fourth-order valence-corrected chi connectivity index (χ4v) is 6.38. The average molecular weight is 651 g/mol. The lowest BCUT2D eigenvalue weighted by Gasteiger charge is -2.22. The third-order valence-electron chi connectivity index (χ3n) is 7.53. The molecule has 8 nitrogen and oxygen atoms in total. The first-order valence-corrected chi connectivity index (χ1v) is 15.7. The van der Waals surface area contributed by atoms with Gasteiger partial charge in [-0.05, 0) is 78.5 Å². The third-order valence-corrected chi connectivity index (χ3v) is 8.67. The van der Waals surface area contributed by atoms with E-state index in [4.69, 9.17) is 12.2 Å². The summed E-state index contributed by atoms with van der Waals surface area (Å²) in [5.74, 6) is 1.01. The number of benzene rings is 3. The molecule has 1 aliphatic heterocycles. The molecule has 13 heteroatoms. The topological polar surface area (TPSA) is 84.6 Å². The van der Waals surface area contributed by atoms with Crippen LogP contribution < -0.4 is 15.0 Å². The summed E-state index contributed by atoms with van der Waals surface area (Å²) in [6.07, 6.45) is -2.34. The van der Waals surface area contributed by atoms with Crippen molar-refractivity contribution in [3.05, 3.63) is 89.7 Å². The van der Waals surface area contributed by atoms with Crippen LogP contribution in [0, 0.1) is 6.92 Å². The number of amides is 1. The van der Waals surface area contributed by atoms with Gasteiger partial charge in [-0.2, -0.15) is 4.99 Å². The first kappa shape index (κ1) is 30.8. The highest BCUT2D eigenvalue weighted by atomic mass is 32.2. The Balaban J connectivity index is 1.08. The van der Waals surface area contributed by atoms with E-state index in [1.54, 1.807) is 4.90 Å². The first-order valence-electron chi connectivity index (χ1n) is 14.3. The maximum atomic E-state index is 12.9. The Labute approximate surface area is 267 Å². The van der Waals surface area contributed by atoms with E-state index in [2.05, 4.69) is 51.1 Å². The van der Waals surface area contributed by atoms with Gasteiger partial charge in [0, 0.05) is 17.5 Å². The van der Waals surface area contributed by atoms with Crippen molar-refractivity contribution in [1.29, 1.82) is 0 Å². The van der Waals surface area contributed by atoms with E-state index in [0.29, 0.717) is 27.5 Å². The highest BCUT2D eigenvalue weighted by molar-refractivity contribution is 8.15. The molecule has 2 fully saturated rings. The number of alkyl halides is 3. The van der Waals surface area contributed by atoms with Crippen molar-refractivity contribution in [2.24, 2.45) is 4.99 Å². The normalized spacial score (nSPS) is 19.0. The molecular formula is C32H29F3N6O2S2. The third kappa shape index (κ3) is 7.04. The van der Waals surface area contributed by atoms with Crippen LogP contribution in [-0.4, -0.2) is 49.1 Å². The number of thiocarbonyl (C=S) groups is 1. The molecule has 1 aromatic heterocycles. The van der Waals surface area contributed by atoms with E-state index in [-0.39, 0.29) is 29.5 Å². The van der Waals surface area contributed by atoms with Crippen LogP contribution in [0.3, 0.4) is 0 Å². The largest absolute Gasteiger partial charge is 0.573 e. The van der Waals surface area contributed by atoms with Crippen LogP contribution >= 0.6 is 24.0 Å². The molecule has 4 aromatic rings. The Morgan fingerprint density at radius 3 is 2.53 bits per heavy atom. The summed E-state index contributed by atoms with van der Waals surface area (Å²) >= 11 is 6.99. The number of rotatable bonds is 7. The number of carbonyl (C=O) groups is 1. The predicted octanol–water partition coefficient (Wildman–Crippen LogP) is 7.13. The Morgan fingerprint density at radius 2 is 1.84 bits per heavy atom. The number of aliphatic imine (C=N–C) groups is 1. The van der Waals surface area contributed by atoms with Gasteiger partial charge in [-0.25, -0.2) is 9.67 Å². The van der Waals surface area contributed by atoms with Gasteiger partial charge in [-0.3, -0.25) is 9.69 Å². The zero-order valence-electron chi connectivity index (χ0n) is 24.6. The first-order chi connectivity index (χ1) is 21.4. The SMILES string of the molecule is Cc1ccc(C(C)C)c(N2C(=O)CS/C2=N\C(=S)NC2CC2c2ccc(-c3ncn(-c4ccc(OC(F)(F)F)cc4)n3)cc2)c1. The van der Waals surface area contributed by atoms with E-state index < -0.39 is 6.36 Å². The van der Waals surface area contributed by atoms with E-state index >= 15 is 0 Å². The van der Waals surface area contributed by atoms with Gasteiger partial charge in [0.1, 0.15) is 12.1 Å². The number of aryl methyl sites for hydroxylation is 1. The lowest BCUT2D eigenvalue weighted by Crippen LogP contribution is -2.32. The summed E-state index contributed by atoms with van der Waals surface area (Å²) in [5, 5.41) is 8.75. The number of ether oxygens (including phenoxy) is 1. The van der Waals surface area contributed by atoms with Gasteiger partial charge < -0.3 is 10.1 Å². The number of nitrogens with one attached hydrogen (secondary N) is 1. The minimum Gasteiger partial charge on any atom is -0.406 e. The summed E-state index contributed by atoms with van der Waals surface area (Å²) in [6, 6.07) is 19.6. The fraction of sp³-hybridized carbons (Fsp3) is 0.281. The van der Waals surface area contributed by atoms with Gasteiger partial charge in [0.15, 0.2) is 16.1 Å². The van der Waals surface area contributed by atoms with Crippen molar-refractivity contribution in [3.8, 4) is 22.8 Å². The number of carbonyl (C=O) groups excluding carboxylic acids is 1. The van der Waals surface area contributed by atoms with Gasteiger partial charge in [-0.1, -0.05) is 62.0 Å². The zero-order valence-corrected chi connectivity index (χ0v) is 26.2. The van der Waals surface area contributed by atoms with Crippen molar-refractivity contribution in [1.82, 2.24) is 20.1 Å². The van der Waals surface area contributed by atoms with Gasteiger partial charge in [0.05, 0.1) is 17.1 Å². The molecule has 1 saturated heterocycles. The molecule has 3 aromatic carbocycles. The van der Waals surface area contributed by atoms with Crippen LogP contribution in [-0.2, 0) is 4.79 Å². The van der Waals surface area contributed by atoms with Crippen LogP contribution in [0.4, 0.5) is 18.9 Å². The molecule has 2 aliphatic rings. The number of hydrogen-bond donors (Lipinski definition) is 1. The van der Waals surface area contributed by atoms with Crippen LogP contribution in [0.5, 0.6) is 5.75 Å². The Bertz CT molecular complexity index is 1770. The average Bonchev–Trinajstić information content (AvgIpc) is 3.38. The van der Waals surface area contributed by atoms with Crippen LogP contribution in [0.2, 0.25) is 0 Å². The lowest BCUT2D eigenvalue weighted by atomic mass is 9.99. The second-order valence-electron chi connectivity index (χ2n) is 11.2. The number of aromatic nitrogens is 3. The summed E-state index contributed by atoms with van der Waals surface area (Å²) in [7, 11) is 0. The van der Waals surface area contributed by atoms with Crippen molar-refractivity contribution in [2.75, 3.05) is 10.7 Å². The molecule has 232 valence electrons. The monoisotopic (exact) mass is 650 g/mol. The Kier molecular flexibility index (Phi) is 8.40. The molecule has 6 rings (SSSR count). The Hall–Kier alpha value is -4.23. The molecule has 1 amide bonds. The second-order valence-corrected chi connectivity index (χ2v) is 12.5. The molecule has 1 N–H and O–H groups in total. The summed E-state index contributed by atoms with van der Waals surface area (Å²) < 4.78 is 42.7. The summed E-state index contributed by atoms with van der Waals surface area (Å²) in [5.41, 5.74) is 5.52. The van der Waals surface area contributed by atoms with Crippen LogP contribution in [0.25, 0.3) is 17.1 Å². The number of nitrogens with zero attached hydrogens (tertiary/aromatic N) is 5. The molecule has 1 aliphatic carbocycles. The van der Waals surface area contributed by atoms with Gasteiger partial charge in [0.2, 0.25) is 5.91 Å². The van der Waals surface area contributed by atoms with Crippen molar-refractivity contribution >= 4 is 45.9 Å². The van der Waals surface area contributed by atoms with Gasteiger partial charge >= 0.3 is 6.36 Å². The highest BCUT2D eigenvalue weighted by Crippen LogP contribution is 2.41. The van der Waals surface area contributed by atoms with Crippen molar-refractivity contribution in [3.63, 3.8) is 0 Å². The number of amidine groups is 1. The van der Waals surface area contributed by atoms with Crippen LogP contribution in [0.1, 0.15) is 48.8 Å². The summed E-state index contributed by atoms with van der Waals surface area (Å²) in [4.78, 5) is 23.6. The molecular weight excluding hydrogens is 622 g/mol. The van der Waals surface area contributed by atoms with E-state index in [9.17, 15) is 18.0 Å². The molecule has 1 saturated carbocycles. The molecule has 2 unspecified atom stereocenters. The van der Waals surface area contributed by atoms with Crippen LogP contribution in [0.15, 0.2) is 78.0 Å². The van der Waals surface area contributed by atoms with Crippen molar-refractivity contribution in [2.45, 2.75) is 51.4 Å². The van der Waals surface area contributed by atoms with E-state index in [1.165, 1.54) is 47.0 Å². The molecule has 0 spiro atoms. The number of halogens is 3. The maximum Gasteiger partial charge on any atom is 0.573 e.